The van der Waals surface area contributed by atoms with E-state index in [-0.39, 0.29) is 6.10 Å². The first-order chi connectivity index (χ1) is 9.80. The van der Waals surface area contributed by atoms with Gasteiger partial charge < -0.3 is 10.1 Å². The molecule has 2 rings (SSSR count). The lowest BCUT2D eigenvalue weighted by Crippen LogP contribution is -2.19. The topological polar surface area (TPSA) is 47.0 Å². The van der Waals surface area contributed by atoms with Crippen LogP contribution in [0, 0.1) is 0 Å². The first-order valence-corrected chi connectivity index (χ1v) is 8.00. The molecule has 4 nitrogen and oxygen atoms in total. The van der Waals surface area contributed by atoms with E-state index in [4.69, 9.17) is 14.7 Å². The van der Waals surface area contributed by atoms with Crippen molar-refractivity contribution in [2.45, 2.75) is 59.0 Å². The van der Waals surface area contributed by atoms with E-state index in [0.717, 1.165) is 57.6 Å². The van der Waals surface area contributed by atoms with E-state index in [0.29, 0.717) is 0 Å². The number of hydrogen-bond donors (Lipinski definition) is 1. The Bertz CT molecular complexity index is 403. The molecule has 0 amide bonds. The molecule has 1 aromatic rings. The van der Waals surface area contributed by atoms with Crippen LogP contribution < -0.4 is 5.32 Å². The third-order valence-electron chi connectivity index (χ3n) is 3.88. The van der Waals surface area contributed by atoms with Crippen molar-refractivity contribution in [2.24, 2.45) is 0 Å². The van der Waals surface area contributed by atoms with Crippen molar-refractivity contribution in [1.82, 2.24) is 15.3 Å². The second-order valence-electron chi connectivity index (χ2n) is 5.27. The van der Waals surface area contributed by atoms with Crippen LogP contribution in [-0.4, -0.2) is 29.7 Å². The smallest absolute Gasteiger partial charge is 0.157 e. The average Bonchev–Trinajstić information content (AvgIpc) is 3.01. The SMILES string of the molecule is CCNCCc1c(CC)nc(C2CCCO2)nc1CC. The van der Waals surface area contributed by atoms with Gasteiger partial charge in [-0.15, -0.1) is 0 Å². The summed E-state index contributed by atoms with van der Waals surface area (Å²) >= 11 is 0. The van der Waals surface area contributed by atoms with Gasteiger partial charge in [0.1, 0.15) is 6.10 Å². The van der Waals surface area contributed by atoms with Crippen molar-refractivity contribution in [1.29, 1.82) is 0 Å². The van der Waals surface area contributed by atoms with Gasteiger partial charge in [-0.05, 0) is 50.8 Å². The zero-order chi connectivity index (χ0) is 14.4. The zero-order valence-electron chi connectivity index (χ0n) is 13.0. The number of hydrogen-bond acceptors (Lipinski definition) is 4. The van der Waals surface area contributed by atoms with Crippen molar-refractivity contribution >= 4 is 0 Å². The molecule has 0 bridgehead atoms. The number of ether oxygens (including phenoxy) is 1. The van der Waals surface area contributed by atoms with E-state index >= 15 is 0 Å². The van der Waals surface area contributed by atoms with Gasteiger partial charge in [-0.2, -0.15) is 0 Å². The predicted octanol–water partition coefficient (Wildman–Crippen LogP) is 2.60. The number of nitrogens with zero attached hydrogens (tertiary/aromatic N) is 2. The number of aromatic nitrogens is 2. The van der Waals surface area contributed by atoms with E-state index in [1.807, 2.05) is 0 Å². The fourth-order valence-electron chi connectivity index (χ4n) is 2.79. The van der Waals surface area contributed by atoms with Gasteiger partial charge in [0.15, 0.2) is 5.82 Å². The summed E-state index contributed by atoms with van der Waals surface area (Å²) in [5, 5.41) is 3.39. The predicted molar refractivity (Wildman–Crippen MR) is 81.0 cm³/mol. The van der Waals surface area contributed by atoms with Crippen LogP contribution in [0.1, 0.15) is 62.5 Å². The van der Waals surface area contributed by atoms with Gasteiger partial charge in [-0.1, -0.05) is 20.8 Å². The summed E-state index contributed by atoms with van der Waals surface area (Å²) in [6, 6.07) is 0. The Morgan fingerprint density at radius 1 is 1.15 bits per heavy atom. The molecule has 1 fully saturated rings. The standard InChI is InChI=1S/C16H27N3O/c1-4-13-12(9-10-17-6-3)14(5-2)19-16(18-13)15-8-7-11-20-15/h15,17H,4-11H2,1-3H3. The van der Waals surface area contributed by atoms with E-state index < -0.39 is 0 Å². The molecule has 1 atom stereocenters. The highest BCUT2D eigenvalue weighted by Crippen LogP contribution is 2.27. The van der Waals surface area contributed by atoms with Crippen LogP contribution in [0.4, 0.5) is 0 Å². The van der Waals surface area contributed by atoms with Gasteiger partial charge in [0, 0.05) is 18.0 Å². The highest BCUT2D eigenvalue weighted by Gasteiger charge is 2.23. The normalized spacial score (nSPS) is 18.6. The van der Waals surface area contributed by atoms with Crippen molar-refractivity contribution in [3.05, 3.63) is 22.8 Å². The van der Waals surface area contributed by atoms with Crippen LogP contribution in [0.3, 0.4) is 0 Å². The average molecular weight is 277 g/mol. The molecule has 1 aromatic heterocycles. The number of nitrogens with one attached hydrogen (secondary N) is 1. The minimum absolute atomic E-state index is 0.119. The lowest BCUT2D eigenvalue weighted by molar-refractivity contribution is 0.104. The molecule has 20 heavy (non-hydrogen) atoms. The molecule has 1 N–H and O–H groups in total. The quantitative estimate of drug-likeness (QED) is 0.778. The number of likely N-dealkylation sites (N-methyl/N-ethyl adjacent to an activating group) is 1. The number of rotatable bonds is 7. The minimum atomic E-state index is 0.119. The second kappa shape index (κ2) is 7.70. The molecule has 1 aliphatic rings. The van der Waals surface area contributed by atoms with E-state index in [1.54, 1.807) is 0 Å². The van der Waals surface area contributed by atoms with Gasteiger partial charge in [0.25, 0.3) is 0 Å². The monoisotopic (exact) mass is 277 g/mol. The van der Waals surface area contributed by atoms with E-state index in [2.05, 4.69) is 26.1 Å². The molecule has 0 aromatic carbocycles. The van der Waals surface area contributed by atoms with Crippen molar-refractivity contribution < 1.29 is 4.74 Å². The molecule has 1 saturated heterocycles. The summed E-state index contributed by atoms with van der Waals surface area (Å²) in [6.45, 7) is 9.35. The van der Waals surface area contributed by atoms with Crippen LogP contribution in [0.25, 0.3) is 0 Å². The van der Waals surface area contributed by atoms with Gasteiger partial charge in [-0.3, -0.25) is 0 Å². The molecule has 0 aliphatic carbocycles. The van der Waals surface area contributed by atoms with Gasteiger partial charge >= 0.3 is 0 Å². The fourth-order valence-corrected chi connectivity index (χ4v) is 2.79. The minimum Gasteiger partial charge on any atom is -0.370 e. The van der Waals surface area contributed by atoms with Gasteiger partial charge in [0.2, 0.25) is 0 Å². The molecule has 1 unspecified atom stereocenters. The number of aryl methyl sites for hydroxylation is 2. The van der Waals surface area contributed by atoms with Crippen LogP contribution >= 0.6 is 0 Å². The maximum Gasteiger partial charge on any atom is 0.157 e. The molecular formula is C16H27N3O. The maximum absolute atomic E-state index is 5.74. The highest BCUT2D eigenvalue weighted by molar-refractivity contribution is 5.27. The molecule has 0 saturated carbocycles. The molecular weight excluding hydrogens is 250 g/mol. The van der Waals surface area contributed by atoms with Crippen molar-refractivity contribution in [3.63, 3.8) is 0 Å². The summed E-state index contributed by atoms with van der Waals surface area (Å²) in [7, 11) is 0. The Morgan fingerprint density at radius 3 is 2.35 bits per heavy atom. The Morgan fingerprint density at radius 2 is 1.85 bits per heavy atom. The van der Waals surface area contributed by atoms with E-state index in [1.165, 1.54) is 17.0 Å². The first kappa shape index (κ1) is 15.4. The Balaban J connectivity index is 2.25. The van der Waals surface area contributed by atoms with Crippen LogP contribution in [0.15, 0.2) is 0 Å². The molecule has 0 radical (unpaired) electrons. The molecule has 0 spiro atoms. The van der Waals surface area contributed by atoms with Crippen LogP contribution in [0.5, 0.6) is 0 Å². The van der Waals surface area contributed by atoms with Gasteiger partial charge in [-0.25, -0.2) is 9.97 Å². The van der Waals surface area contributed by atoms with Crippen molar-refractivity contribution in [2.75, 3.05) is 19.7 Å². The fraction of sp³-hybridized carbons (Fsp3) is 0.750. The third-order valence-corrected chi connectivity index (χ3v) is 3.88. The third kappa shape index (κ3) is 3.55. The highest BCUT2D eigenvalue weighted by atomic mass is 16.5. The van der Waals surface area contributed by atoms with Gasteiger partial charge in [0.05, 0.1) is 0 Å². The lowest BCUT2D eigenvalue weighted by Gasteiger charge is -2.16. The summed E-state index contributed by atoms with van der Waals surface area (Å²) in [6.07, 6.45) is 5.26. The Kier molecular flexibility index (Phi) is 5.92. The van der Waals surface area contributed by atoms with Crippen molar-refractivity contribution in [3.8, 4) is 0 Å². The lowest BCUT2D eigenvalue weighted by atomic mass is 10.0. The molecule has 112 valence electrons. The Labute approximate surface area is 122 Å². The maximum atomic E-state index is 5.74. The zero-order valence-corrected chi connectivity index (χ0v) is 13.0. The summed E-state index contributed by atoms with van der Waals surface area (Å²) in [5.74, 6) is 0.906. The molecule has 1 aliphatic heterocycles. The molecule has 4 heteroatoms. The van der Waals surface area contributed by atoms with Crippen LogP contribution in [0.2, 0.25) is 0 Å². The van der Waals surface area contributed by atoms with Crippen LogP contribution in [-0.2, 0) is 24.0 Å². The molecule has 2 heterocycles. The summed E-state index contributed by atoms with van der Waals surface area (Å²) in [5.41, 5.74) is 3.76. The first-order valence-electron chi connectivity index (χ1n) is 8.00. The second-order valence-corrected chi connectivity index (χ2v) is 5.27. The summed E-state index contributed by atoms with van der Waals surface area (Å²) < 4.78 is 5.74. The van der Waals surface area contributed by atoms with E-state index in [9.17, 15) is 0 Å². The largest absolute Gasteiger partial charge is 0.370 e. The Hall–Kier alpha value is -1.00. The summed E-state index contributed by atoms with van der Waals surface area (Å²) in [4.78, 5) is 9.59.